The fraction of sp³-hybridized carbons (Fsp3) is 0.222. The maximum Gasteiger partial charge on any atom is 0.234 e. The van der Waals surface area contributed by atoms with E-state index in [1.807, 2.05) is 18.2 Å². The summed E-state index contributed by atoms with van der Waals surface area (Å²) in [4.78, 5) is 0. The molecule has 0 saturated heterocycles. The molecule has 1 aliphatic rings. The Labute approximate surface area is 141 Å². The second kappa shape index (κ2) is 6.75. The zero-order chi connectivity index (χ0) is 17.2. The number of benzene rings is 2. The van der Waals surface area contributed by atoms with Gasteiger partial charge >= 0.3 is 0 Å². The fourth-order valence-corrected chi connectivity index (χ4v) is 3.62. The van der Waals surface area contributed by atoms with Crippen molar-refractivity contribution in [3.63, 3.8) is 0 Å². The molecule has 0 saturated carbocycles. The van der Waals surface area contributed by atoms with Crippen LogP contribution in [-0.2, 0) is 16.4 Å². The summed E-state index contributed by atoms with van der Waals surface area (Å²) in [5.74, 6) is 0.507. The first-order valence-corrected chi connectivity index (χ1v) is 9.19. The molecule has 1 N–H and O–H groups in total. The number of hydrogen-bond acceptors (Lipinski definition) is 3. The van der Waals surface area contributed by atoms with Crippen molar-refractivity contribution >= 4 is 16.1 Å². The molecule has 2 aromatic carbocycles. The van der Waals surface area contributed by atoms with Gasteiger partial charge in [0, 0.05) is 17.9 Å². The molecule has 126 valence electrons. The van der Waals surface area contributed by atoms with Gasteiger partial charge in [0.25, 0.3) is 0 Å². The lowest BCUT2D eigenvalue weighted by Crippen LogP contribution is -2.24. The summed E-state index contributed by atoms with van der Waals surface area (Å²) < 4.78 is 45.3. The van der Waals surface area contributed by atoms with Crippen molar-refractivity contribution in [2.24, 2.45) is 0 Å². The topological polar surface area (TPSA) is 55.4 Å². The van der Waals surface area contributed by atoms with E-state index in [1.165, 1.54) is 30.3 Å². The molecule has 0 unspecified atom stereocenters. The highest BCUT2D eigenvalue weighted by Crippen LogP contribution is 2.28. The van der Waals surface area contributed by atoms with Gasteiger partial charge in [-0.25, -0.2) is 17.5 Å². The molecule has 1 heterocycles. The zero-order valence-corrected chi connectivity index (χ0v) is 14.0. The molecular weight excluding hydrogens is 329 g/mol. The predicted octanol–water partition coefficient (Wildman–Crippen LogP) is 3.41. The fourth-order valence-electron chi connectivity index (χ4n) is 2.57. The van der Waals surface area contributed by atoms with Gasteiger partial charge in [0.05, 0.1) is 6.61 Å². The standard InChI is InChI=1S/C18H18FNO3S/c1-13(15-4-7-18-16(12-15)8-10-23-18)20-24(21,22)11-9-14-2-5-17(19)6-3-14/h2-7,9,11-13,20H,8,10H2,1H3/b11-9+/t13-/m1/s1. The highest BCUT2D eigenvalue weighted by Gasteiger charge is 2.17. The summed E-state index contributed by atoms with van der Waals surface area (Å²) in [6.45, 7) is 2.46. The number of fused-ring (bicyclic) bond motifs is 1. The van der Waals surface area contributed by atoms with E-state index >= 15 is 0 Å². The van der Waals surface area contributed by atoms with Crippen LogP contribution in [-0.4, -0.2) is 15.0 Å². The first-order valence-electron chi connectivity index (χ1n) is 7.64. The van der Waals surface area contributed by atoms with Crippen LogP contribution >= 0.6 is 0 Å². The number of sulfonamides is 1. The van der Waals surface area contributed by atoms with Crippen LogP contribution in [0.15, 0.2) is 47.9 Å². The van der Waals surface area contributed by atoms with Crippen molar-refractivity contribution in [1.82, 2.24) is 4.72 Å². The monoisotopic (exact) mass is 347 g/mol. The molecule has 0 amide bonds. The van der Waals surface area contributed by atoms with Crippen molar-refractivity contribution in [2.75, 3.05) is 6.61 Å². The van der Waals surface area contributed by atoms with E-state index in [9.17, 15) is 12.8 Å². The van der Waals surface area contributed by atoms with Gasteiger partial charge in [0.2, 0.25) is 10.0 Å². The predicted molar refractivity (Wildman–Crippen MR) is 91.5 cm³/mol. The molecule has 2 aromatic rings. The van der Waals surface area contributed by atoms with Gasteiger partial charge < -0.3 is 4.74 Å². The maximum absolute atomic E-state index is 12.9. The van der Waals surface area contributed by atoms with Crippen LogP contribution in [0.25, 0.3) is 6.08 Å². The van der Waals surface area contributed by atoms with E-state index in [0.29, 0.717) is 12.2 Å². The smallest absolute Gasteiger partial charge is 0.234 e. The largest absolute Gasteiger partial charge is 0.493 e. The van der Waals surface area contributed by atoms with E-state index < -0.39 is 10.0 Å². The molecule has 0 fully saturated rings. The Morgan fingerprint density at radius 2 is 1.96 bits per heavy atom. The number of hydrogen-bond donors (Lipinski definition) is 1. The third-order valence-electron chi connectivity index (χ3n) is 3.86. The number of halogens is 1. The summed E-state index contributed by atoms with van der Waals surface area (Å²) in [5, 5.41) is 1.09. The SMILES string of the molecule is C[C@@H](NS(=O)(=O)/C=C/c1ccc(F)cc1)c1ccc2c(c1)CCO2. The normalized spacial score (nSPS) is 15.2. The van der Waals surface area contributed by atoms with E-state index in [-0.39, 0.29) is 11.9 Å². The third kappa shape index (κ3) is 4.01. The molecule has 1 atom stereocenters. The molecule has 0 spiro atoms. The summed E-state index contributed by atoms with van der Waals surface area (Å²) in [6, 6.07) is 11.0. The summed E-state index contributed by atoms with van der Waals surface area (Å²) >= 11 is 0. The summed E-state index contributed by atoms with van der Waals surface area (Å²) in [7, 11) is -3.61. The Morgan fingerprint density at radius 3 is 2.71 bits per heavy atom. The minimum absolute atomic E-state index is 0.359. The quantitative estimate of drug-likeness (QED) is 0.902. The highest BCUT2D eigenvalue weighted by atomic mass is 32.2. The first-order chi connectivity index (χ1) is 11.4. The molecule has 4 nitrogen and oxygen atoms in total. The number of nitrogens with one attached hydrogen (secondary N) is 1. The Kier molecular flexibility index (Phi) is 4.69. The van der Waals surface area contributed by atoms with Crippen molar-refractivity contribution in [3.8, 4) is 5.75 Å². The van der Waals surface area contributed by atoms with Gasteiger partial charge in [-0.2, -0.15) is 0 Å². The molecule has 0 bridgehead atoms. The van der Waals surface area contributed by atoms with Gasteiger partial charge in [0.15, 0.2) is 0 Å². The van der Waals surface area contributed by atoms with Gasteiger partial charge in [-0.05, 0) is 47.9 Å². The Balaban J connectivity index is 1.70. The molecule has 0 aromatic heterocycles. The van der Waals surface area contributed by atoms with Crippen LogP contribution in [0.1, 0.15) is 29.7 Å². The maximum atomic E-state index is 12.9. The second-order valence-corrected chi connectivity index (χ2v) is 7.30. The van der Waals surface area contributed by atoms with E-state index in [2.05, 4.69) is 4.72 Å². The van der Waals surface area contributed by atoms with Crippen LogP contribution in [0, 0.1) is 5.82 Å². The van der Waals surface area contributed by atoms with Crippen LogP contribution in [0.4, 0.5) is 4.39 Å². The van der Waals surface area contributed by atoms with Crippen LogP contribution in [0.2, 0.25) is 0 Å². The Morgan fingerprint density at radius 1 is 1.21 bits per heavy atom. The Bertz CT molecular complexity index is 860. The van der Waals surface area contributed by atoms with Crippen molar-refractivity contribution in [3.05, 3.63) is 70.4 Å². The summed E-state index contributed by atoms with van der Waals surface area (Å²) in [5.41, 5.74) is 2.60. The molecule has 0 aliphatic carbocycles. The van der Waals surface area contributed by atoms with Gasteiger partial charge in [0.1, 0.15) is 11.6 Å². The molecule has 6 heteroatoms. The van der Waals surface area contributed by atoms with Crippen LogP contribution < -0.4 is 9.46 Å². The summed E-state index contributed by atoms with van der Waals surface area (Å²) in [6.07, 6.45) is 2.28. The molecule has 0 radical (unpaired) electrons. The van der Waals surface area contributed by atoms with Gasteiger partial charge in [-0.3, -0.25) is 0 Å². The lowest BCUT2D eigenvalue weighted by Gasteiger charge is -2.14. The van der Waals surface area contributed by atoms with Crippen LogP contribution in [0.5, 0.6) is 5.75 Å². The van der Waals surface area contributed by atoms with Crippen molar-refractivity contribution in [2.45, 2.75) is 19.4 Å². The number of ether oxygens (including phenoxy) is 1. The van der Waals surface area contributed by atoms with E-state index in [4.69, 9.17) is 4.74 Å². The molecule has 3 rings (SSSR count). The van der Waals surface area contributed by atoms with E-state index in [1.54, 1.807) is 6.92 Å². The molecule has 1 aliphatic heterocycles. The second-order valence-electron chi connectivity index (χ2n) is 5.70. The molecule has 24 heavy (non-hydrogen) atoms. The van der Waals surface area contributed by atoms with E-state index in [0.717, 1.165) is 28.7 Å². The number of rotatable bonds is 5. The minimum Gasteiger partial charge on any atom is -0.493 e. The van der Waals surface area contributed by atoms with Gasteiger partial charge in [-0.1, -0.05) is 24.3 Å². The van der Waals surface area contributed by atoms with Gasteiger partial charge in [-0.15, -0.1) is 0 Å². The minimum atomic E-state index is -3.61. The lowest BCUT2D eigenvalue weighted by molar-refractivity contribution is 0.357. The highest BCUT2D eigenvalue weighted by molar-refractivity contribution is 7.92. The average molecular weight is 347 g/mol. The zero-order valence-electron chi connectivity index (χ0n) is 13.2. The molecular formula is C18H18FNO3S. The lowest BCUT2D eigenvalue weighted by atomic mass is 10.0. The van der Waals surface area contributed by atoms with Crippen molar-refractivity contribution in [1.29, 1.82) is 0 Å². The Hall–Kier alpha value is -2.18. The first kappa shape index (κ1) is 16.7. The van der Waals surface area contributed by atoms with Crippen molar-refractivity contribution < 1.29 is 17.5 Å². The van der Waals surface area contributed by atoms with Crippen LogP contribution in [0.3, 0.4) is 0 Å². The third-order valence-corrected chi connectivity index (χ3v) is 5.04. The average Bonchev–Trinajstić information content (AvgIpc) is 3.01.